The fraction of sp³-hybridized carbons (Fsp3) is 0.348. The quantitative estimate of drug-likeness (QED) is 0.601. The summed E-state index contributed by atoms with van der Waals surface area (Å²) < 4.78 is 15.5. The molecule has 0 spiro atoms. The summed E-state index contributed by atoms with van der Waals surface area (Å²) >= 11 is 0. The van der Waals surface area contributed by atoms with Crippen LogP contribution >= 0.6 is 0 Å². The lowest BCUT2D eigenvalue weighted by molar-refractivity contribution is -0.124. The number of hydrogen-bond acceptors (Lipinski definition) is 6. The van der Waals surface area contributed by atoms with Crippen LogP contribution in [0.25, 0.3) is 0 Å². The van der Waals surface area contributed by atoms with E-state index in [2.05, 4.69) is 5.32 Å². The van der Waals surface area contributed by atoms with Gasteiger partial charge in [0, 0.05) is 37.5 Å². The maximum atomic E-state index is 13.2. The van der Waals surface area contributed by atoms with Crippen LogP contribution in [0.15, 0.2) is 42.5 Å². The number of carbonyl (C=O) groups is 3. The monoisotopic (exact) mass is 441 g/mol. The minimum absolute atomic E-state index is 0.189. The second-order valence-corrected chi connectivity index (χ2v) is 7.35. The fourth-order valence-electron chi connectivity index (χ4n) is 3.55. The molecule has 1 unspecified atom stereocenters. The Balaban J connectivity index is 1.82. The molecule has 0 aliphatic carbocycles. The highest BCUT2D eigenvalue weighted by Crippen LogP contribution is 2.29. The van der Waals surface area contributed by atoms with Crippen LogP contribution in [0.5, 0.6) is 11.5 Å². The highest BCUT2D eigenvalue weighted by molar-refractivity contribution is 6.22. The summed E-state index contributed by atoms with van der Waals surface area (Å²) in [6, 6.07) is 10.7. The van der Waals surface area contributed by atoms with Crippen LogP contribution < -0.4 is 19.7 Å². The summed E-state index contributed by atoms with van der Waals surface area (Å²) in [4.78, 5) is 41.6. The van der Waals surface area contributed by atoms with E-state index < -0.39 is 23.9 Å². The van der Waals surface area contributed by atoms with Gasteiger partial charge in [0.2, 0.25) is 5.91 Å². The molecule has 4 amide bonds. The van der Waals surface area contributed by atoms with Crippen LogP contribution in [0, 0.1) is 6.92 Å². The van der Waals surface area contributed by atoms with Crippen molar-refractivity contribution in [3.63, 3.8) is 0 Å². The van der Waals surface area contributed by atoms with E-state index in [1.807, 2.05) is 13.0 Å². The van der Waals surface area contributed by atoms with E-state index in [1.54, 1.807) is 36.4 Å². The highest BCUT2D eigenvalue weighted by atomic mass is 16.5. The lowest BCUT2D eigenvalue weighted by Gasteiger charge is -2.21. The third-order valence-corrected chi connectivity index (χ3v) is 5.13. The van der Waals surface area contributed by atoms with Gasteiger partial charge in [0.15, 0.2) is 0 Å². The first-order valence-electron chi connectivity index (χ1n) is 10.1. The Bertz CT molecular complexity index is 987. The van der Waals surface area contributed by atoms with E-state index in [1.165, 1.54) is 26.2 Å². The molecule has 170 valence electrons. The summed E-state index contributed by atoms with van der Waals surface area (Å²) in [5, 5.41) is 2.76. The lowest BCUT2D eigenvalue weighted by Crippen LogP contribution is -2.39. The zero-order chi connectivity index (χ0) is 23.3. The number of rotatable bonds is 9. The third-order valence-electron chi connectivity index (χ3n) is 5.13. The molecule has 1 saturated heterocycles. The van der Waals surface area contributed by atoms with Crippen LogP contribution in [0.2, 0.25) is 0 Å². The molecule has 0 saturated carbocycles. The molecule has 32 heavy (non-hydrogen) atoms. The Morgan fingerprint density at radius 2 is 1.72 bits per heavy atom. The molecule has 0 aromatic heterocycles. The number of hydrogen-bond donors (Lipinski definition) is 1. The van der Waals surface area contributed by atoms with Gasteiger partial charge in [-0.3, -0.25) is 9.59 Å². The molecule has 3 rings (SSSR count). The van der Waals surface area contributed by atoms with Crippen LogP contribution in [-0.2, 0) is 14.3 Å². The topological polar surface area (TPSA) is 97.4 Å². The van der Waals surface area contributed by atoms with Gasteiger partial charge in [0.1, 0.15) is 17.5 Å². The van der Waals surface area contributed by atoms with E-state index in [0.717, 1.165) is 10.5 Å². The van der Waals surface area contributed by atoms with Crippen LogP contribution in [0.3, 0.4) is 0 Å². The average Bonchev–Trinajstić information content (AvgIpc) is 3.00. The number of ether oxygens (including phenoxy) is 3. The SMILES string of the molecule is COCCN1C(=O)N(c2cccc(C)c2)C(=O)C1CC(=O)Nc1cc(OC)cc(OC)c1. The summed E-state index contributed by atoms with van der Waals surface area (Å²) in [5.74, 6) is 0.160. The van der Waals surface area contributed by atoms with E-state index in [0.29, 0.717) is 22.9 Å². The Hall–Kier alpha value is -3.59. The van der Waals surface area contributed by atoms with Crippen molar-refractivity contribution < 1.29 is 28.6 Å². The summed E-state index contributed by atoms with van der Waals surface area (Å²) in [5.41, 5.74) is 1.85. The Morgan fingerprint density at radius 1 is 1.03 bits per heavy atom. The minimum Gasteiger partial charge on any atom is -0.497 e. The summed E-state index contributed by atoms with van der Waals surface area (Å²) in [6.45, 7) is 2.31. The van der Waals surface area contributed by atoms with Gasteiger partial charge in [0.25, 0.3) is 5.91 Å². The van der Waals surface area contributed by atoms with Gasteiger partial charge in [-0.1, -0.05) is 12.1 Å². The average molecular weight is 441 g/mol. The van der Waals surface area contributed by atoms with E-state index in [9.17, 15) is 14.4 Å². The number of nitrogens with one attached hydrogen (secondary N) is 1. The zero-order valence-corrected chi connectivity index (χ0v) is 18.6. The van der Waals surface area contributed by atoms with Gasteiger partial charge in [-0.05, 0) is 24.6 Å². The van der Waals surface area contributed by atoms with Crippen molar-refractivity contribution in [2.75, 3.05) is 44.7 Å². The van der Waals surface area contributed by atoms with Gasteiger partial charge in [-0.15, -0.1) is 0 Å². The first-order chi connectivity index (χ1) is 15.4. The normalized spacial score (nSPS) is 15.8. The molecule has 1 heterocycles. The molecule has 9 heteroatoms. The molecule has 1 fully saturated rings. The highest BCUT2D eigenvalue weighted by Gasteiger charge is 2.46. The third kappa shape index (κ3) is 5.00. The standard InChI is InChI=1S/C23H27N3O6/c1-15-6-5-7-17(10-15)26-22(28)20(25(23(26)29)8-9-30-2)14-21(27)24-16-11-18(31-3)13-19(12-16)32-4/h5-7,10-13,20H,8-9,14H2,1-4H3,(H,24,27). The number of benzene rings is 2. The van der Waals surface area contributed by atoms with E-state index >= 15 is 0 Å². The number of urea groups is 1. The molecule has 0 radical (unpaired) electrons. The Kier molecular flexibility index (Phi) is 7.32. The Morgan fingerprint density at radius 3 is 2.31 bits per heavy atom. The van der Waals surface area contributed by atoms with Crippen molar-refractivity contribution in [1.29, 1.82) is 0 Å². The lowest BCUT2D eigenvalue weighted by atomic mass is 10.1. The number of carbonyl (C=O) groups excluding carboxylic acids is 3. The van der Waals surface area contributed by atoms with Gasteiger partial charge >= 0.3 is 6.03 Å². The van der Waals surface area contributed by atoms with Crippen molar-refractivity contribution in [2.24, 2.45) is 0 Å². The maximum Gasteiger partial charge on any atom is 0.332 e. The molecule has 1 aliphatic rings. The summed E-state index contributed by atoms with van der Waals surface area (Å²) in [6.07, 6.45) is -0.198. The van der Waals surface area contributed by atoms with Crippen LogP contribution in [0.1, 0.15) is 12.0 Å². The number of aryl methyl sites for hydroxylation is 1. The van der Waals surface area contributed by atoms with Crippen molar-refractivity contribution in [1.82, 2.24) is 4.90 Å². The van der Waals surface area contributed by atoms with E-state index in [-0.39, 0.29) is 19.6 Å². The molecular formula is C23H27N3O6. The van der Waals surface area contributed by atoms with Gasteiger partial charge < -0.3 is 24.4 Å². The Labute approximate surface area is 186 Å². The minimum atomic E-state index is -0.939. The van der Waals surface area contributed by atoms with Crippen LogP contribution in [0.4, 0.5) is 16.2 Å². The van der Waals surface area contributed by atoms with E-state index in [4.69, 9.17) is 14.2 Å². The molecule has 1 aliphatic heterocycles. The predicted octanol–water partition coefficient (Wildman–Crippen LogP) is 2.82. The number of imide groups is 1. The van der Waals surface area contributed by atoms with Crippen LogP contribution in [-0.4, -0.2) is 63.3 Å². The van der Waals surface area contributed by atoms with Crippen molar-refractivity contribution in [2.45, 2.75) is 19.4 Å². The van der Waals surface area contributed by atoms with Gasteiger partial charge in [-0.2, -0.15) is 0 Å². The summed E-state index contributed by atoms with van der Waals surface area (Å²) in [7, 11) is 4.53. The van der Waals surface area contributed by atoms with Crippen molar-refractivity contribution in [3.8, 4) is 11.5 Å². The second-order valence-electron chi connectivity index (χ2n) is 7.35. The number of anilines is 2. The molecule has 0 bridgehead atoms. The molecule has 9 nitrogen and oxygen atoms in total. The molecule has 1 atom stereocenters. The number of nitrogens with zero attached hydrogens (tertiary/aromatic N) is 2. The van der Waals surface area contributed by atoms with Crippen molar-refractivity contribution in [3.05, 3.63) is 48.0 Å². The number of amides is 4. The molecule has 2 aromatic carbocycles. The smallest absolute Gasteiger partial charge is 0.332 e. The predicted molar refractivity (Wildman–Crippen MR) is 119 cm³/mol. The maximum absolute atomic E-state index is 13.2. The first-order valence-corrected chi connectivity index (χ1v) is 10.1. The van der Waals surface area contributed by atoms with Crippen molar-refractivity contribution >= 4 is 29.2 Å². The fourth-order valence-corrected chi connectivity index (χ4v) is 3.55. The zero-order valence-electron chi connectivity index (χ0n) is 18.6. The largest absolute Gasteiger partial charge is 0.497 e. The second kappa shape index (κ2) is 10.1. The molecule has 1 N–H and O–H groups in total. The first kappa shape index (κ1) is 23.1. The molecular weight excluding hydrogens is 414 g/mol. The van der Waals surface area contributed by atoms with Gasteiger partial charge in [0.05, 0.1) is 32.9 Å². The molecule has 2 aromatic rings. The number of methoxy groups -OCH3 is 3. The van der Waals surface area contributed by atoms with Gasteiger partial charge in [-0.25, -0.2) is 9.69 Å².